The van der Waals surface area contributed by atoms with E-state index in [4.69, 9.17) is 11.6 Å². The van der Waals surface area contributed by atoms with Crippen molar-refractivity contribution in [3.8, 4) is 0 Å². The number of anilines is 1. The fourth-order valence-electron chi connectivity index (χ4n) is 1.95. The number of aromatic nitrogens is 2. The minimum atomic E-state index is 0.467. The highest BCUT2D eigenvalue weighted by Crippen LogP contribution is 2.23. The van der Waals surface area contributed by atoms with E-state index in [9.17, 15) is 0 Å². The van der Waals surface area contributed by atoms with Crippen molar-refractivity contribution in [2.75, 3.05) is 5.32 Å². The normalized spacial score (nSPS) is 19.4. The molecule has 0 spiro atoms. The van der Waals surface area contributed by atoms with Gasteiger partial charge in [0.2, 0.25) is 0 Å². The molecular formula is C13H18ClN3. The first-order valence-corrected chi connectivity index (χ1v) is 6.53. The first kappa shape index (κ1) is 12.4. The number of hydrogen-bond donors (Lipinski definition) is 1. The number of rotatable bonds is 3. The summed E-state index contributed by atoms with van der Waals surface area (Å²) in [5.41, 5.74) is 0.943. The highest BCUT2D eigenvalue weighted by atomic mass is 35.5. The van der Waals surface area contributed by atoms with Crippen molar-refractivity contribution in [2.45, 2.75) is 45.6 Å². The molecule has 0 radical (unpaired) electrons. The number of halogens is 1. The van der Waals surface area contributed by atoms with Gasteiger partial charge in [-0.3, -0.25) is 0 Å². The molecule has 3 nitrogen and oxygen atoms in total. The van der Waals surface area contributed by atoms with E-state index in [0.29, 0.717) is 11.2 Å². The van der Waals surface area contributed by atoms with Crippen molar-refractivity contribution in [1.82, 2.24) is 9.97 Å². The quantitative estimate of drug-likeness (QED) is 0.660. The maximum absolute atomic E-state index is 6.11. The predicted molar refractivity (Wildman–Crippen MR) is 71.6 cm³/mol. The summed E-state index contributed by atoms with van der Waals surface area (Å²) in [7, 11) is 0. The van der Waals surface area contributed by atoms with E-state index >= 15 is 0 Å². The van der Waals surface area contributed by atoms with Gasteiger partial charge in [0.1, 0.15) is 16.8 Å². The SMILES string of the molecule is CCc1nc(Cl)c(C)c(NC2CC=CCC2)n1. The summed E-state index contributed by atoms with van der Waals surface area (Å²) < 4.78 is 0. The molecule has 0 aromatic carbocycles. The molecule has 0 aliphatic heterocycles. The van der Waals surface area contributed by atoms with Crippen molar-refractivity contribution in [1.29, 1.82) is 0 Å². The number of allylic oxidation sites excluding steroid dienone is 1. The Kier molecular flexibility index (Phi) is 4.00. The Morgan fingerprint density at radius 1 is 1.41 bits per heavy atom. The highest BCUT2D eigenvalue weighted by Gasteiger charge is 2.14. The van der Waals surface area contributed by atoms with Gasteiger partial charge < -0.3 is 5.32 Å². The summed E-state index contributed by atoms with van der Waals surface area (Å²) in [4.78, 5) is 8.76. The van der Waals surface area contributed by atoms with Crippen LogP contribution in [0.15, 0.2) is 12.2 Å². The Bertz CT molecular complexity index is 429. The summed E-state index contributed by atoms with van der Waals surface area (Å²) >= 11 is 6.11. The molecule has 1 atom stereocenters. The molecule has 4 heteroatoms. The molecular weight excluding hydrogens is 234 g/mol. The number of aryl methyl sites for hydroxylation is 1. The zero-order valence-corrected chi connectivity index (χ0v) is 11.1. The van der Waals surface area contributed by atoms with Crippen molar-refractivity contribution < 1.29 is 0 Å². The zero-order valence-electron chi connectivity index (χ0n) is 10.3. The third-order valence-electron chi connectivity index (χ3n) is 3.06. The van der Waals surface area contributed by atoms with Crippen molar-refractivity contribution in [2.24, 2.45) is 0 Å². The summed E-state index contributed by atoms with van der Waals surface area (Å²) in [6.07, 6.45) is 8.60. The number of nitrogens with one attached hydrogen (secondary N) is 1. The third-order valence-corrected chi connectivity index (χ3v) is 3.43. The molecule has 0 fully saturated rings. The molecule has 0 amide bonds. The molecule has 0 bridgehead atoms. The second kappa shape index (κ2) is 5.50. The van der Waals surface area contributed by atoms with Gasteiger partial charge in [-0.05, 0) is 26.2 Å². The summed E-state index contributed by atoms with van der Waals surface area (Å²) in [6.45, 7) is 4.00. The Morgan fingerprint density at radius 3 is 2.88 bits per heavy atom. The van der Waals surface area contributed by atoms with Gasteiger partial charge in [-0.2, -0.15) is 0 Å². The Labute approximate surface area is 107 Å². The van der Waals surface area contributed by atoms with Crippen LogP contribution in [0.2, 0.25) is 5.15 Å². The Balaban J connectivity index is 2.19. The summed E-state index contributed by atoms with van der Waals surface area (Å²) in [6, 6.07) is 0.467. The van der Waals surface area contributed by atoms with Gasteiger partial charge in [0.15, 0.2) is 0 Å². The Morgan fingerprint density at radius 2 is 2.24 bits per heavy atom. The molecule has 1 unspecified atom stereocenters. The van der Waals surface area contributed by atoms with Gasteiger partial charge >= 0.3 is 0 Å². The molecule has 1 aliphatic carbocycles. The summed E-state index contributed by atoms with van der Waals surface area (Å²) in [5, 5.41) is 4.04. The van der Waals surface area contributed by atoms with Crippen LogP contribution in [0.25, 0.3) is 0 Å². The number of nitrogens with zero attached hydrogens (tertiary/aromatic N) is 2. The fourth-order valence-corrected chi connectivity index (χ4v) is 2.14. The summed E-state index contributed by atoms with van der Waals surface area (Å²) in [5.74, 6) is 1.69. The smallest absolute Gasteiger partial charge is 0.137 e. The first-order valence-electron chi connectivity index (χ1n) is 6.15. The van der Waals surface area contributed by atoms with Crippen molar-refractivity contribution >= 4 is 17.4 Å². The molecule has 0 saturated carbocycles. The molecule has 1 aromatic rings. The van der Waals surface area contributed by atoms with Gasteiger partial charge in [-0.25, -0.2) is 9.97 Å². The topological polar surface area (TPSA) is 37.8 Å². The van der Waals surface area contributed by atoms with E-state index in [0.717, 1.165) is 42.9 Å². The molecule has 2 rings (SSSR count). The van der Waals surface area contributed by atoms with Crippen LogP contribution in [-0.2, 0) is 6.42 Å². The van der Waals surface area contributed by atoms with Gasteiger partial charge in [0.25, 0.3) is 0 Å². The maximum atomic E-state index is 6.11. The van der Waals surface area contributed by atoms with Crippen LogP contribution in [0.5, 0.6) is 0 Å². The van der Waals surface area contributed by atoms with Crippen LogP contribution >= 0.6 is 11.6 Å². The molecule has 0 saturated heterocycles. The minimum Gasteiger partial charge on any atom is -0.367 e. The maximum Gasteiger partial charge on any atom is 0.137 e. The van der Waals surface area contributed by atoms with Crippen molar-refractivity contribution in [3.05, 3.63) is 28.7 Å². The van der Waals surface area contributed by atoms with Crippen LogP contribution in [0.3, 0.4) is 0 Å². The molecule has 92 valence electrons. The van der Waals surface area contributed by atoms with E-state index in [1.165, 1.54) is 0 Å². The van der Waals surface area contributed by atoms with Crippen LogP contribution in [0.4, 0.5) is 5.82 Å². The van der Waals surface area contributed by atoms with Crippen LogP contribution in [-0.4, -0.2) is 16.0 Å². The lowest BCUT2D eigenvalue weighted by molar-refractivity contribution is 0.640. The van der Waals surface area contributed by atoms with Gasteiger partial charge in [0, 0.05) is 18.0 Å². The molecule has 1 heterocycles. The van der Waals surface area contributed by atoms with Gasteiger partial charge in [-0.1, -0.05) is 30.7 Å². The largest absolute Gasteiger partial charge is 0.367 e. The van der Waals surface area contributed by atoms with E-state index < -0.39 is 0 Å². The third kappa shape index (κ3) is 2.97. The lowest BCUT2D eigenvalue weighted by atomic mass is 10.0. The molecule has 17 heavy (non-hydrogen) atoms. The van der Waals surface area contributed by atoms with Gasteiger partial charge in [-0.15, -0.1) is 0 Å². The monoisotopic (exact) mass is 251 g/mol. The van der Waals surface area contributed by atoms with E-state index in [1.54, 1.807) is 0 Å². The predicted octanol–water partition coefficient (Wildman–Crippen LogP) is 3.52. The van der Waals surface area contributed by atoms with Crippen molar-refractivity contribution in [3.63, 3.8) is 0 Å². The fraction of sp³-hybridized carbons (Fsp3) is 0.538. The van der Waals surface area contributed by atoms with E-state index in [-0.39, 0.29) is 0 Å². The van der Waals surface area contributed by atoms with E-state index in [2.05, 4.69) is 27.4 Å². The van der Waals surface area contributed by atoms with Crippen LogP contribution in [0.1, 0.15) is 37.6 Å². The zero-order chi connectivity index (χ0) is 12.3. The first-order chi connectivity index (χ1) is 8.20. The second-order valence-corrected chi connectivity index (χ2v) is 4.74. The molecule has 1 N–H and O–H groups in total. The second-order valence-electron chi connectivity index (χ2n) is 4.38. The van der Waals surface area contributed by atoms with Crippen LogP contribution < -0.4 is 5.32 Å². The minimum absolute atomic E-state index is 0.467. The lowest BCUT2D eigenvalue weighted by Gasteiger charge is -2.21. The lowest BCUT2D eigenvalue weighted by Crippen LogP contribution is -2.22. The average molecular weight is 252 g/mol. The number of hydrogen-bond acceptors (Lipinski definition) is 3. The molecule has 1 aromatic heterocycles. The molecule has 1 aliphatic rings. The van der Waals surface area contributed by atoms with Crippen LogP contribution in [0, 0.1) is 6.92 Å². The van der Waals surface area contributed by atoms with E-state index in [1.807, 2.05) is 13.8 Å². The Hall–Kier alpha value is -1.09. The van der Waals surface area contributed by atoms with Gasteiger partial charge in [0.05, 0.1) is 0 Å². The highest BCUT2D eigenvalue weighted by molar-refractivity contribution is 6.30. The standard InChI is InChI=1S/C13H18ClN3/c1-3-11-16-12(14)9(2)13(17-11)15-10-7-5-4-6-8-10/h4-5,10H,3,6-8H2,1-2H3,(H,15,16,17). The average Bonchev–Trinajstić information content (AvgIpc) is 2.36.